The number of hydrogen-bond acceptors (Lipinski definition) is 6. The number of amides is 1. The van der Waals surface area contributed by atoms with Gasteiger partial charge in [0.25, 0.3) is 5.91 Å². The zero-order valence-corrected chi connectivity index (χ0v) is 18.7. The minimum atomic E-state index is -0.0694. The first-order valence-corrected chi connectivity index (χ1v) is 10.9. The minimum absolute atomic E-state index is 0.0694. The molecule has 1 aliphatic heterocycles. The Morgan fingerprint density at radius 2 is 1.76 bits per heavy atom. The number of benzene rings is 2. The zero-order valence-electron chi connectivity index (χ0n) is 18.7. The van der Waals surface area contributed by atoms with Gasteiger partial charge in [-0.2, -0.15) is 0 Å². The number of furan rings is 1. The molecule has 0 bridgehead atoms. The highest BCUT2D eigenvalue weighted by atomic mass is 16.5. The number of hydrogen-bond donors (Lipinski definition) is 0. The largest absolute Gasteiger partial charge is 0.497 e. The van der Waals surface area contributed by atoms with Crippen LogP contribution in [0.1, 0.15) is 10.6 Å². The maximum Gasteiger partial charge on any atom is 0.289 e. The number of piperazine rings is 1. The monoisotopic (exact) mass is 443 g/mol. The number of rotatable bonds is 5. The Balaban J connectivity index is 1.43. The van der Waals surface area contributed by atoms with Crippen molar-refractivity contribution in [1.82, 2.24) is 9.88 Å². The summed E-state index contributed by atoms with van der Waals surface area (Å²) in [6, 6.07) is 19.5. The number of nitrogens with zero attached hydrogens (tertiary/aromatic N) is 3. The van der Waals surface area contributed by atoms with Gasteiger partial charge in [-0.25, -0.2) is 4.98 Å². The quantitative estimate of drug-likeness (QED) is 0.453. The molecule has 0 radical (unpaired) electrons. The van der Waals surface area contributed by atoms with E-state index >= 15 is 0 Å². The van der Waals surface area contributed by atoms with E-state index in [9.17, 15) is 4.79 Å². The van der Waals surface area contributed by atoms with Gasteiger partial charge in [0.2, 0.25) is 0 Å². The standard InChI is InChI=1S/C26H25N3O4/c1-31-19-9-10-20(23(17-19)32-2)21-6-3-5-18-8-11-24(27-25(18)21)28-12-14-29(15-13-28)26(30)22-7-4-16-33-22/h3-11,16-17H,12-15H2,1-2H3. The van der Waals surface area contributed by atoms with Crippen molar-refractivity contribution in [2.75, 3.05) is 45.3 Å². The van der Waals surface area contributed by atoms with Crippen molar-refractivity contribution in [2.45, 2.75) is 0 Å². The van der Waals surface area contributed by atoms with Gasteiger partial charge < -0.3 is 23.7 Å². The van der Waals surface area contributed by atoms with Crippen molar-refractivity contribution in [1.29, 1.82) is 0 Å². The van der Waals surface area contributed by atoms with Crippen LogP contribution in [0.5, 0.6) is 11.5 Å². The van der Waals surface area contributed by atoms with E-state index in [0.717, 1.165) is 39.3 Å². The summed E-state index contributed by atoms with van der Waals surface area (Å²) in [5, 5.41) is 1.06. The lowest BCUT2D eigenvalue weighted by Crippen LogP contribution is -2.49. The van der Waals surface area contributed by atoms with Crippen LogP contribution in [0.3, 0.4) is 0 Å². The number of ether oxygens (including phenoxy) is 2. The summed E-state index contributed by atoms with van der Waals surface area (Å²) >= 11 is 0. The van der Waals surface area contributed by atoms with Gasteiger partial charge >= 0.3 is 0 Å². The van der Waals surface area contributed by atoms with Crippen LogP contribution in [-0.4, -0.2) is 56.2 Å². The smallest absolute Gasteiger partial charge is 0.289 e. The van der Waals surface area contributed by atoms with E-state index in [1.807, 2.05) is 35.2 Å². The second kappa shape index (κ2) is 8.86. The predicted octanol–water partition coefficient (Wildman–Crippen LogP) is 4.47. The fourth-order valence-electron chi connectivity index (χ4n) is 4.25. The molecular formula is C26H25N3O4. The molecule has 7 nitrogen and oxygen atoms in total. The van der Waals surface area contributed by atoms with Gasteiger partial charge in [-0.1, -0.05) is 18.2 Å². The average molecular weight is 444 g/mol. The first-order chi connectivity index (χ1) is 16.2. The van der Waals surface area contributed by atoms with Crippen molar-refractivity contribution >= 4 is 22.6 Å². The molecule has 0 saturated carbocycles. The lowest BCUT2D eigenvalue weighted by molar-refractivity contribution is 0.0714. The molecule has 1 fully saturated rings. The number of pyridine rings is 1. The summed E-state index contributed by atoms with van der Waals surface area (Å²) in [5.41, 5.74) is 2.87. The Morgan fingerprint density at radius 3 is 2.48 bits per heavy atom. The van der Waals surface area contributed by atoms with Crippen molar-refractivity contribution in [3.05, 3.63) is 72.7 Å². The molecule has 5 rings (SSSR count). The van der Waals surface area contributed by atoms with E-state index in [4.69, 9.17) is 18.9 Å². The highest BCUT2D eigenvalue weighted by Crippen LogP contribution is 2.37. The van der Waals surface area contributed by atoms with Crippen LogP contribution in [0.2, 0.25) is 0 Å². The maximum absolute atomic E-state index is 12.6. The second-order valence-electron chi connectivity index (χ2n) is 7.87. The summed E-state index contributed by atoms with van der Waals surface area (Å²) < 4.78 is 16.2. The average Bonchev–Trinajstić information content (AvgIpc) is 3.42. The Bertz CT molecular complexity index is 1280. The summed E-state index contributed by atoms with van der Waals surface area (Å²) in [6.45, 7) is 2.65. The van der Waals surface area contributed by atoms with Gasteiger partial charge in [0.05, 0.1) is 26.0 Å². The Labute approximate surface area is 192 Å². The molecule has 2 aromatic carbocycles. The third-order valence-electron chi connectivity index (χ3n) is 6.03. The molecule has 3 heterocycles. The molecule has 0 N–H and O–H groups in total. The van der Waals surface area contributed by atoms with E-state index in [-0.39, 0.29) is 5.91 Å². The Morgan fingerprint density at radius 1 is 0.909 bits per heavy atom. The van der Waals surface area contributed by atoms with Crippen LogP contribution in [0.25, 0.3) is 22.0 Å². The molecule has 1 aliphatic rings. The van der Waals surface area contributed by atoms with Crippen molar-refractivity contribution < 1.29 is 18.7 Å². The predicted molar refractivity (Wildman–Crippen MR) is 127 cm³/mol. The molecule has 33 heavy (non-hydrogen) atoms. The SMILES string of the molecule is COc1ccc(-c2cccc3ccc(N4CCN(C(=O)c5ccco5)CC4)nc23)c(OC)c1. The molecule has 0 aliphatic carbocycles. The molecular weight excluding hydrogens is 418 g/mol. The van der Waals surface area contributed by atoms with Crippen LogP contribution in [0, 0.1) is 0 Å². The van der Waals surface area contributed by atoms with Crippen LogP contribution in [0.4, 0.5) is 5.82 Å². The fourth-order valence-corrected chi connectivity index (χ4v) is 4.25. The summed E-state index contributed by atoms with van der Waals surface area (Å²) in [5.74, 6) is 2.68. The molecule has 4 aromatic rings. The van der Waals surface area contributed by atoms with Crippen molar-refractivity contribution in [3.63, 3.8) is 0 Å². The molecule has 0 spiro atoms. The number of methoxy groups -OCH3 is 2. The van der Waals surface area contributed by atoms with E-state index in [1.165, 1.54) is 6.26 Å². The molecule has 0 unspecified atom stereocenters. The number of fused-ring (bicyclic) bond motifs is 1. The first-order valence-electron chi connectivity index (χ1n) is 10.9. The second-order valence-corrected chi connectivity index (χ2v) is 7.87. The van der Waals surface area contributed by atoms with Gasteiger partial charge in [0.15, 0.2) is 5.76 Å². The van der Waals surface area contributed by atoms with Gasteiger partial charge in [-0.15, -0.1) is 0 Å². The van der Waals surface area contributed by atoms with Gasteiger partial charge in [0, 0.05) is 48.8 Å². The van der Waals surface area contributed by atoms with Crippen molar-refractivity contribution in [2.24, 2.45) is 0 Å². The minimum Gasteiger partial charge on any atom is -0.497 e. The van der Waals surface area contributed by atoms with E-state index < -0.39 is 0 Å². The highest BCUT2D eigenvalue weighted by molar-refractivity contribution is 5.96. The topological polar surface area (TPSA) is 68.0 Å². The Hall–Kier alpha value is -4.00. The summed E-state index contributed by atoms with van der Waals surface area (Å²) in [6.07, 6.45) is 1.53. The van der Waals surface area contributed by atoms with Crippen LogP contribution < -0.4 is 14.4 Å². The molecule has 1 saturated heterocycles. The summed E-state index contributed by atoms with van der Waals surface area (Å²) in [4.78, 5) is 21.6. The van der Waals surface area contributed by atoms with Crippen molar-refractivity contribution in [3.8, 4) is 22.6 Å². The van der Waals surface area contributed by atoms with Crippen LogP contribution in [0.15, 0.2) is 71.3 Å². The molecule has 1 amide bonds. The number of anilines is 1. The van der Waals surface area contributed by atoms with Gasteiger partial charge in [-0.3, -0.25) is 4.79 Å². The maximum atomic E-state index is 12.6. The third kappa shape index (κ3) is 3.98. The number of aromatic nitrogens is 1. The number of carbonyl (C=O) groups is 1. The van der Waals surface area contributed by atoms with E-state index in [0.29, 0.717) is 31.9 Å². The molecule has 7 heteroatoms. The molecule has 168 valence electrons. The van der Waals surface area contributed by atoms with Gasteiger partial charge in [-0.05, 0) is 36.4 Å². The van der Waals surface area contributed by atoms with Crippen LogP contribution in [-0.2, 0) is 0 Å². The normalized spacial score (nSPS) is 13.9. The lowest BCUT2D eigenvalue weighted by atomic mass is 10.0. The third-order valence-corrected chi connectivity index (χ3v) is 6.03. The lowest BCUT2D eigenvalue weighted by Gasteiger charge is -2.35. The molecule has 2 aromatic heterocycles. The fraction of sp³-hybridized carbons (Fsp3) is 0.231. The van der Waals surface area contributed by atoms with E-state index in [1.54, 1.807) is 26.4 Å². The van der Waals surface area contributed by atoms with Crippen LogP contribution >= 0.6 is 0 Å². The number of para-hydroxylation sites is 1. The van der Waals surface area contributed by atoms with E-state index in [2.05, 4.69) is 23.1 Å². The molecule has 0 atom stereocenters. The Kier molecular flexibility index (Phi) is 5.60. The summed E-state index contributed by atoms with van der Waals surface area (Å²) in [7, 11) is 3.30. The highest BCUT2D eigenvalue weighted by Gasteiger charge is 2.24. The zero-order chi connectivity index (χ0) is 22.8. The number of carbonyl (C=O) groups excluding carboxylic acids is 1. The first kappa shape index (κ1) is 20.9. The van der Waals surface area contributed by atoms with Gasteiger partial charge in [0.1, 0.15) is 17.3 Å².